The number of benzene rings is 2. The molecule has 4 rings (SSSR count). The number of anilines is 1. The molecule has 2 aromatic carbocycles. The van der Waals surface area contributed by atoms with E-state index in [1.807, 2.05) is 6.07 Å². The van der Waals surface area contributed by atoms with Gasteiger partial charge in [-0.15, -0.1) is 11.3 Å². The molecule has 0 saturated heterocycles. The fraction of sp³-hybridized carbons (Fsp3) is 0.304. The summed E-state index contributed by atoms with van der Waals surface area (Å²) in [4.78, 5) is 31.6. The summed E-state index contributed by atoms with van der Waals surface area (Å²) in [5, 5.41) is 12.4. The fourth-order valence-corrected chi connectivity index (χ4v) is 4.38. The highest BCUT2D eigenvalue weighted by Gasteiger charge is 2.38. The molecule has 2 amide bonds. The van der Waals surface area contributed by atoms with Gasteiger partial charge in [0.25, 0.3) is 5.91 Å². The van der Waals surface area contributed by atoms with Crippen molar-refractivity contribution in [3.63, 3.8) is 0 Å². The van der Waals surface area contributed by atoms with Gasteiger partial charge >= 0.3 is 6.09 Å². The molecule has 164 valence electrons. The lowest BCUT2D eigenvalue weighted by molar-refractivity contribution is 0.0579. The van der Waals surface area contributed by atoms with Crippen LogP contribution in [0.25, 0.3) is 10.2 Å². The van der Waals surface area contributed by atoms with Crippen LogP contribution in [0, 0.1) is 11.3 Å². The number of nitrogens with one attached hydrogen (secondary N) is 1. The van der Waals surface area contributed by atoms with Crippen LogP contribution >= 0.6 is 11.3 Å². The predicted molar refractivity (Wildman–Crippen MR) is 121 cm³/mol. The first kappa shape index (κ1) is 21.6. The number of rotatable bonds is 3. The van der Waals surface area contributed by atoms with E-state index >= 15 is 0 Å². The van der Waals surface area contributed by atoms with E-state index in [0.717, 1.165) is 10.3 Å². The van der Waals surface area contributed by atoms with Gasteiger partial charge in [-0.05, 0) is 51.1 Å². The summed E-state index contributed by atoms with van der Waals surface area (Å²) >= 11 is 1.28. The first-order valence-electron chi connectivity index (χ1n) is 9.99. The Bertz CT molecular complexity index is 1260. The maximum absolute atomic E-state index is 13.1. The van der Waals surface area contributed by atoms with Crippen molar-refractivity contribution in [3.05, 3.63) is 52.5 Å². The van der Waals surface area contributed by atoms with Crippen molar-refractivity contribution in [2.45, 2.75) is 32.4 Å². The third-order valence-electron chi connectivity index (χ3n) is 4.93. The minimum Gasteiger partial charge on any atom is -0.496 e. The molecule has 32 heavy (non-hydrogen) atoms. The van der Waals surface area contributed by atoms with Crippen molar-refractivity contribution in [2.24, 2.45) is 0 Å². The average Bonchev–Trinajstić information content (AvgIpc) is 3.33. The van der Waals surface area contributed by atoms with Crippen molar-refractivity contribution < 1.29 is 19.1 Å². The SMILES string of the molecule is COc1cccc2c1C(NC(=O)c1ccc3sc(C#N)nc3c1)CN2C(=O)OC(C)(C)C. The maximum atomic E-state index is 13.1. The van der Waals surface area contributed by atoms with E-state index in [0.29, 0.717) is 27.5 Å². The van der Waals surface area contributed by atoms with Crippen LogP contribution in [0.2, 0.25) is 0 Å². The summed E-state index contributed by atoms with van der Waals surface area (Å²) < 4.78 is 11.9. The highest BCUT2D eigenvalue weighted by molar-refractivity contribution is 7.19. The van der Waals surface area contributed by atoms with E-state index in [1.165, 1.54) is 16.2 Å². The highest BCUT2D eigenvalue weighted by atomic mass is 32.1. The van der Waals surface area contributed by atoms with Crippen LogP contribution in [-0.4, -0.2) is 36.2 Å². The van der Waals surface area contributed by atoms with Gasteiger partial charge in [-0.3, -0.25) is 9.69 Å². The molecule has 0 aliphatic carbocycles. The third-order valence-corrected chi connectivity index (χ3v) is 5.87. The molecule has 1 aromatic heterocycles. The number of thiazole rings is 1. The Hall–Kier alpha value is -3.64. The Kier molecular flexibility index (Phi) is 5.48. The van der Waals surface area contributed by atoms with Crippen LogP contribution in [0.4, 0.5) is 10.5 Å². The zero-order valence-electron chi connectivity index (χ0n) is 18.1. The van der Waals surface area contributed by atoms with Crippen LogP contribution < -0.4 is 15.0 Å². The minimum absolute atomic E-state index is 0.216. The lowest BCUT2D eigenvalue weighted by Crippen LogP contribution is -2.38. The summed E-state index contributed by atoms with van der Waals surface area (Å²) in [5.41, 5.74) is 1.72. The number of nitriles is 1. The standard InChI is InChI=1S/C23H22N4O4S/c1-23(2,3)31-22(29)27-12-15(20-16(27)6-5-7-17(20)30-4)26-21(28)13-8-9-18-14(10-13)25-19(11-24)32-18/h5-10,15H,12H2,1-4H3,(H,26,28). The lowest BCUT2D eigenvalue weighted by atomic mass is 10.1. The second kappa shape index (κ2) is 8.13. The molecule has 8 nitrogen and oxygen atoms in total. The van der Waals surface area contributed by atoms with Gasteiger partial charge in [0, 0.05) is 11.1 Å². The number of amides is 2. The van der Waals surface area contributed by atoms with Gasteiger partial charge < -0.3 is 14.8 Å². The first-order valence-corrected chi connectivity index (χ1v) is 10.8. The molecule has 1 aliphatic heterocycles. The number of carbonyl (C=O) groups excluding carboxylic acids is 2. The van der Waals surface area contributed by atoms with Crippen molar-refractivity contribution in [3.8, 4) is 11.8 Å². The third kappa shape index (κ3) is 4.09. The fourth-order valence-electron chi connectivity index (χ4n) is 3.63. The largest absolute Gasteiger partial charge is 0.496 e. The second-order valence-electron chi connectivity index (χ2n) is 8.32. The molecule has 1 atom stereocenters. The number of aromatic nitrogens is 1. The predicted octanol–water partition coefficient (Wildman–Crippen LogP) is 4.40. The van der Waals surface area contributed by atoms with E-state index in [1.54, 1.807) is 64.3 Å². The number of carbonyl (C=O) groups is 2. The number of ether oxygens (including phenoxy) is 2. The molecule has 0 spiro atoms. The highest BCUT2D eigenvalue weighted by Crippen LogP contribution is 2.41. The smallest absolute Gasteiger partial charge is 0.414 e. The van der Waals surface area contributed by atoms with Crippen molar-refractivity contribution in [1.29, 1.82) is 5.26 Å². The van der Waals surface area contributed by atoms with Crippen LogP contribution in [0.1, 0.15) is 47.7 Å². The van der Waals surface area contributed by atoms with Gasteiger partial charge in [0.05, 0.1) is 35.6 Å². The van der Waals surface area contributed by atoms with Gasteiger partial charge in [-0.1, -0.05) is 6.07 Å². The van der Waals surface area contributed by atoms with Crippen LogP contribution in [0.3, 0.4) is 0 Å². The van der Waals surface area contributed by atoms with Crippen molar-refractivity contribution >= 4 is 39.2 Å². The van der Waals surface area contributed by atoms with E-state index in [2.05, 4.69) is 10.3 Å². The molecule has 2 heterocycles. The number of methoxy groups -OCH3 is 1. The molecule has 0 saturated carbocycles. The Morgan fingerprint density at radius 2 is 2.06 bits per heavy atom. The summed E-state index contributed by atoms with van der Waals surface area (Å²) in [6.45, 7) is 5.63. The minimum atomic E-state index is -0.650. The maximum Gasteiger partial charge on any atom is 0.414 e. The van der Waals surface area contributed by atoms with E-state index in [-0.39, 0.29) is 12.5 Å². The first-order chi connectivity index (χ1) is 15.2. The average molecular weight is 451 g/mol. The number of hydrogen-bond donors (Lipinski definition) is 1. The number of hydrogen-bond acceptors (Lipinski definition) is 7. The van der Waals surface area contributed by atoms with E-state index in [9.17, 15) is 9.59 Å². The van der Waals surface area contributed by atoms with Gasteiger partial charge in [-0.2, -0.15) is 5.26 Å². The van der Waals surface area contributed by atoms with Gasteiger partial charge in [-0.25, -0.2) is 9.78 Å². The molecule has 0 bridgehead atoms. The van der Waals surface area contributed by atoms with Crippen LogP contribution in [-0.2, 0) is 4.74 Å². The summed E-state index contributed by atoms with van der Waals surface area (Å²) in [6, 6.07) is 12.1. The zero-order chi connectivity index (χ0) is 23.0. The molecule has 0 fully saturated rings. The van der Waals surface area contributed by atoms with Crippen LogP contribution in [0.5, 0.6) is 5.75 Å². The topological polar surface area (TPSA) is 105 Å². The molecule has 3 aromatic rings. The molecule has 1 unspecified atom stereocenters. The van der Waals surface area contributed by atoms with Crippen molar-refractivity contribution in [2.75, 3.05) is 18.6 Å². The molecule has 9 heteroatoms. The molecular formula is C23H22N4O4S. The summed E-state index contributed by atoms with van der Waals surface area (Å²) in [7, 11) is 1.55. The Labute approximate surface area is 189 Å². The molecular weight excluding hydrogens is 428 g/mol. The summed E-state index contributed by atoms with van der Waals surface area (Å²) in [5.74, 6) is 0.263. The van der Waals surface area contributed by atoms with Gasteiger partial charge in [0.15, 0.2) is 5.01 Å². The van der Waals surface area contributed by atoms with E-state index in [4.69, 9.17) is 14.7 Å². The Balaban J connectivity index is 1.63. The van der Waals surface area contributed by atoms with Gasteiger partial charge in [0.1, 0.15) is 17.4 Å². The van der Waals surface area contributed by atoms with Crippen molar-refractivity contribution in [1.82, 2.24) is 10.3 Å². The molecule has 1 aliphatic rings. The summed E-state index contributed by atoms with van der Waals surface area (Å²) in [6.07, 6.45) is -0.489. The lowest BCUT2D eigenvalue weighted by Gasteiger charge is -2.25. The van der Waals surface area contributed by atoms with Gasteiger partial charge in [0.2, 0.25) is 0 Å². The number of nitrogens with zero attached hydrogens (tertiary/aromatic N) is 3. The normalized spacial score (nSPS) is 15.2. The Morgan fingerprint density at radius 1 is 1.28 bits per heavy atom. The van der Waals surface area contributed by atoms with Crippen LogP contribution in [0.15, 0.2) is 36.4 Å². The zero-order valence-corrected chi connectivity index (χ0v) is 18.9. The van der Waals surface area contributed by atoms with E-state index < -0.39 is 17.7 Å². The monoisotopic (exact) mass is 450 g/mol. The number of fused-ring (bicyclic) bond motifs is 2. The Morgan fingerprint density at radius 3 is 2.75 bits per heavy atom. The molecule has 1 N–H and O–H groups in total. The quantitative estimate of drug-likeness (QED) is 0.634. The molecule has 0 radical (unpaired) electrons. The second-order valence-corrected chi connectivity index (χ2v) is 9.35.